The van der Waals surface area contributed by atoms with Gasteiger partial charge in [-0.15, -0.1) is 0 Å². The number of carbonyl (C=O) groups excluding carboxylic acids is 1. The number of nitrogens with zero attached hydrogens (tertiary/aromatic N) is 3. The van der Waals surface area contributed by atoms with Crippen LogP contribution in [0.4, 0.5) is 0 Å². The smallest absolute Gasteiger partial charge is 0.327 e. The fraction of sp³-hybridized carbons (Fsp3) is 0.611. The van der Waals surface area contributed by atoms with Crippen LogP contribution >= 0.6 is 11.6 Å². The van der Waals surface area contributed by atoms with Crippen LogP contribution in [0.1, 0.15) is 30.9 Å². The lowest BCUT2D eigenvalue weighted by atomic mass is 10.0. The van der Waals surface area contributed by atoms with E-state index in [0.717, 1.165) is 19.3 Å². The van der Waals surface area contributed by atoms with Gasteiger partial charge in [0.2, 0.25) is 0 Å². The van der Waals surface area contributed by atoms with Gasteiger partial charge >= 0.3 is 5.97 Å². The normalized spacial score (nSPS) is 21.7. The Bertz CT molecular complexity index is 760. The number of hydrogen-bond donors (Lipinski definition) is 0. The molecule has 0 aromatic heterocycles. The highest BCUT2D eigenvalue weighted by Crippen LogP contribution is 2.30. The summed E-state index contributed by atoms with van der Waals surface area (Å²) in [6.07, 6.45) is 2.91. The van der Waals surface area contributed by atoms with Gasteiger partial charge < -0.3 is 4.74 Å². The highest BCUT2D eigenvalue weighted by atomic mass is 35.5. The summed E-state index contributed by atoms with van der Waals surface area (Å²) in [5, 5.41) is 0.497. The molecule has 2 aliphatic heterocycles. The first kappa shape index (κ1) is 20.5. The van der Waals surface area contributed by atoms with Gasteiger partial charge in [-0.2, -0.15) is 17.0 Å². The fourth-order valence-electron chi connectivity index (χ4n) is 3.73. The van der Waals surface area contributed by atoms with Crippen molar-refractivity contribution in [2.45, 2.75) is 25.3 Å². The molecule has 2 aliphatic rings. The third kappa shape index (κ3) is 4.46. The largest absolute Gasteiger partial charge is 0.468 e. The van der Waals surface area contributed by atoms with E-state index in [1.165, 1.54) is 11.4 Å². The molecule has 150 valence electrons. The Labute approximate surface area is 166 Å². The van der Waals surface area contributed by atoms with Gasteiger partial charge in [0.25, 0.3) is 10.2 Å². The summed E-state index contributed by atoms with van der Waals surface area (Å²) in [6, 6.07) is 6.55. The minimum Gasteiger partial charge on any atom is -0.468 e. The zero-order chi connectivity index (χ0) is 19.4. The van der Waals surface area contributed by atoms with Gasteiger partial charge in [0.05, 0.1) is 7.11 Å². The Kier molecular flexibility index (Phi) is 6.75. The van der Waals surface area contributed by atoms with Crippen molar-refractivity contribution in [1.29, 1.82) is 0 Å². The van der Waals surface area contributed by atoms with Crippen LogP contribution < -0.4 is 0 Å². The van der Waals surface area contributed by atoms with Crippen LogP contribution in [-0.2, 0) is 19.7 Å². The summed E-state index contributed by atoms with van der Waals surface area (Å²) in [6.45, 7) is 2.75. The maximum absolute atomic E-state index is 12.9. The number of benzene rings is 1. The Morgan fingerprint density at radius 1 is 1.00 bits per heavy atom. The number of piperazine rings is 1. The maximum atomic E-state index is 12.9. The monoisotopic (exact) mass is 415 g/mol. The zero-order valence-electron chi connectivity index (χ0n) is 15.5. The standard InChI is InChI=1S/C18H26ClN3O4S/c1-26-18(23)17(15-7-3-4-8-16(15)19)20-11-13-22(14-12-20)27(24,25)21-9-5-2-6-10-21/h3-4,7-8,17H,2,5-6,9-14H2,1H3/t17-/m0/s1. The molecule has 0 aliphatic carbocycles. The molecule has 1 aromatic rings. The maximum Gasteiger partial charge on any atom is 0.327 e. The SMILES string of the molecule is COC(=O)[C@H](c1ccccc1Cl)N1CCN(S(=O)(=O)N2CCCCC2)CC1. The number of piperidine rings is 1. The van der Waals surface area contributed by atoms with Crippen molar-refractivity contribution >= 4 is 27.8 Å². The Hall–Kier alpha value is -1.19. The van der Waals surface area contributed by atoms with Crippen LogP contribution in [0.2, 0.25) is 5.02 Å². The lowest BCUT2D eigenvalue weighted by Crippen LogP contribution is -2.55. The molecule has 2 fully saturated rings. The van der Waals surface area contributed by atoms with Crippen molar-refractivity contribution in [2.24, 2.45) is 0 Å². The summed E-state index contributed by atoms with van der Waals surface area (Å²) < 4.78 is 33.8. The lowest BCUT2D eigenvalue weighted by Gasteiger charge is -2.40. The number of carbonyl (C=O) groups is 1. The quantitative estimate of drug-likeness (QED) is 0.687. The Morgan fingerprint density at radius 3 is 2.19 bits per heavy atom. The molecule has 9 heteroatoms. The summed E-state index contributed by atoms with van der Waals surface area (Å²) in [4.78, 5) is 14.4. The second kappa shape index (κ2) is 8.87. The molecule has 2 heterocycles. The van der Waals surface area contributed by atoms with Crippen LogP contribution in [0.15, 0.2) is 24.3 Å². The average molecular weight is 416 g/mol. The molecule has 0 spiro atoms. The predicted octanol–water partition coefficient (Wildman–Crippen LogP) is 1.90. The molecule has 0 saturated carbocycles. The highest BCUT2D eigenvalue weighted by molar-refractivity contribution is 7.86. The van der Waals surface area contributed by atoms with E-state index in [9.17, 15) is 13.2 Å². The summed E-state index contributed by atoms with van der Waals surface area (Å²) in [7, 11) is -2.08. The number of methoxy groups -OCH3 is 1. The molecule has 0 unspecified atom stereocenters. The van der Waals surface area contributed by atoms with E-state index in [2.05, 4.69) is 0 Å². The molecule has 1 atom stereocenters. The Balaban J connectivity index is 1.72. The molecule has 2 saturated heterocycles. The van der Waals surface area contributed by atoms with Crippen LogP contribution in [-0.4, -0.2) is 74.3 Å². The summed E-state index contributed by atoms with van der Waals surface area (Å²) >= 11 is 6.29. The molecule has 0 bridgehead atoms. The first-order valence-corrected chi connectivity index (χ1v) is 11.0. The Morgan fingerprint density at radius 2 is 1.59 bits per heavy atom. The third-order valence-corrected chi connectivity index (χ3v) is 7.61. The number of esters is 1. The highest BCUT2D eigenvalue weighted by Gasteiger charge is 2.37. The van der Waals surface area contributed by atoms with Gasteiger partial charge in [0, 0.05) is 44.3 Å². The van der Waals surface area contributed by atoms with Crippen molar-refractivity contribution in [3.8, 4) is 0 Å². The second-order valence-electron chi connectivity index (χ2n) is 6.85. The topological polar surface area (TPSA) is 70.2 Å². The minimum absolute atomic E-state index is 0.344. The van der Waals surface area contributed by atoms with Gasteiger partial charge in [-0.1, -0.05) is 36.2 Å². The molecular formula is C18H26ClN3O4S. The molecule has 0 N–H and O–H groups in total. The molecule has 0 amide bonds. The van der Waals surface area contributed by atoms with Gasteiger partial charge in [-0.3, -0.25) is 4.90 Å². The number of ether oxygens (including phenoxy) is 1. The molecular weight excluding hydrogens is 390 g/mol. The van der Waals surface area contributed by atoms with Crippen molar-refractivity contribution < 1.29 is 17.9 Å². The van der Waals surface area contributed by atoms with E-state index >= 15 is 0 Å². The van der Waals surface area contributed by atoms with Crippen molar-refractivity contribution in [3.05, 3.63) is 34.9 Å². The van der Waals surface area contributed by atoms with E-state index in [1.807, 2.05) is 17.0 Å². The van der Waals surface area contributed by atoms with Gasteiger partial charge in [0.1, 0.15) is 6.04 Å². The van der Waals surface area contributed by atoms with Crippen molar-refractivity contribution in [2.75, 3.05) is 46.4 Å². The first-order chi connectivity index (χ1) is 12.9. The van der Waals surface area contributed by atoms with Gasteiger partial charge in [-0.05, 0) is 24.5 Å². The molecule has 0 radical (unpaired) electrons. The summed E-state index contributed by atoms with van der Waals surface area (Å²) in [5.41, 5.74) is 0.679. The van der Waals surface area contributed by atoms with Crippen LogP contribution in [0.5, 0.6) is 0 Å². The van der Waals surface area contributed by atoms with E-state index in [0.29, 0.717) is 49.9 Å². The van der Waals surface area contributed by atoms with E-state index in [4.69, 9.17) is 16.3 Å². The predicted molar refractivity (Wildman–Crippen MR) is 104 cm³/mol. The van der Waals surface area contributed by atoms with Crippen LogP contribution in [0, 0.1) is 0 Å². The molecule has 7 nitrogen and oxygen atoms in total. The van der Waals surface area contributed by atoms with Gasteiger partial charge in [0.15, 0.2) is 0 Å². The second-order valence-corrected chi connectivity index (χ2v) is 9.19. The van der Waals surface area contributed by atoms with E-state index in [1.54, 1.807) is 16.4 Å². The fourth-order valence-corrected chi connectivity index (χ4v) is 5.64. The molecule has 3 rings (SSSR count). The number of rotatable bonds is 5. The number of hydrogen-bond acceptors (Lipinski definition) is 5. The van der Waals surface area contributed by atoms with E-state index in [-0.39, 0.29) is 0 Å². The average Bonchev–Trinajstić information content (AvgIpc) is 2.70. The number of halogens is 1. The third-order valence-electron chi connectivity index (χ3n) is 5.23. The van der Waals surface area contributed by atoms with Crippen LogP contribution in [0.3, 0.4) is 0 Å². The van der Waals surface area contributed by atoms with Gasteiger partial charge in [-0.25, -0.2) is 4.79 Å². The lowest BCUT2D eigenvalue weighted by molar-refractivity contribution is -0.147. The van der Waals surface area contributed by atoms with Crippen molar-refractivity contribution in [3.63, 3.8) is 0 Å². The van der Waals surface area contributed by atoms with Crippen LogP contribution in [0.25, 0.3) is 0 Å². The summed E-state index contributed by atoms with van der Waals surface area (Å²) in [5.74, 6) is -0.393. The molecule has 27 heavy (non-hydrogen) atoms. The van der Waals surface area contributed by atoms with Crippen molar-refractivity contribution in [1.82, 2.24) is 13.5 Å². The molecule has 1 aromatic carbocycles. The first-order valence-electron chi connectivity index (χ1n) is 9.26. The van der Waals surface area contributed by atoms with E-state index < -0.39 is 22.2 Å². The minimum atomic E-state index is -3.44. The zero-order valence-corrected chi connectivity index (χ0v) is 17.1.